The number of hydrogen-bond donors (Lipinski definition) is 0. The van der Waals surface area contributed by atoms with Gasteiger partial charge in [-0.15, -0.1) is 23.5 Å². The fourth-order valence-electron chi connectivity index (χ4n) is 4.88. The first-order valence-corrected chi connectivity index (χ1v) is 10.4. The molecule has 2 atom stereocenters. The minimum Gasteiger partial charge on any atom is -0.297 e. The molecule has 0 amide bonds. The van der Waals surface area contributed by atoms with E-state index < -0.39 is 38.4 Å². The molecule has 0 aromatic carbocycles. The largest absolute Gasteiger partial charge is 0.380 e. The number of thioether (sulfide) groups is 2. The van der Waals surface area contributed by atoms with Crippen molar-refractivity contribution in [3.8, 4) is 0 Å². The molecule has 0 aromatic rings. The molecule has 2 nitrogen and oxygen atoms in total. The highest BCUT2D eigenvalue weighted by Gasteiger charge is 2.84. The summed E-state index contributed by atoms with van der Waals surface area (Å²) in [6.45, 7) is 3.25. The Morgan fingerprint density at radius 2 is 1.10 bits per heavy atom. The van der Waals surface area contributed by atoms with E-state index in [0.29, 0.717) is 12.6 Å². The van der Waals surface area contributed by atoms with Crippen LogP contribution < -0.4 is 0 Å². The Morgan fingerprint density at radius 3 is 1.38 bits per heavy atom. The van der Waals surface area contributed by atoms with Crippen LogP contribution in [0.4, 0.5) is 26.3 Å². The zero-order valence-electron chi connectivity index (χ0n) is 15.1. The molecular formula is C19H14F6O2S2. The normalized spacial score (nSPS) is 35.7. The van der Waals surface area contributed by atoms with Crippen LogP contribution in [-0.2, 0) is 9.59 Å². The number of carbonyl (C=O) groups is 2. The summed E-state index contributed by atoms with van der Waals surface area (Å²) in [5.74, 6) is -15.9. The van der Waals surface area contributed by atoms with Gasteiger partial charge in [-0.3, -0.25) is 9.59 Å². The number of hydrogen-bond acceptors (Lipinski definition) is 4. The van der Waals surface area contributed by atoms with E-state index in [0.717, 1.165) is 35.7 Å². The lowest BCUT2D eigenvalue weighted by atomic mass is 9.67. The molecule has 0 radical (unpaired) electrons. The monoisotopic (exact) mass is 452 g/mol. The molecule has 2 unspecified atom stereocenters. The number of aldehydes is 2. The molecule has 0 bridgehead atoms. The zero-order valence-corrected chi connectivity index (χ0v) is 16.8. The van der Waals surface area contributed by atoms with E-state index in [2.05, 4.69) is 0 Å². The van der Waals surface area contributed by atoms with Crippen molar-refractivity contribution < 1.29 is 35.9 Å². The predicted molar refractivity (Wildman–Crippen MR) is 98.4 cm³/mol. The fraction of sp³-hybridized carbons (Fsp3) is 0.474. The van der Waals surface area contributed by atoms with E-state index >= 15 is 0 Å². The van der Waals surface area contributed by atoms with Gasteiger partial charge in [-0.2, -0.15) is 26.3 Å². The van der Waals surface area contributed by atoms with E-state index in [-0.39, 0.29) is 33.8 Å². The van der Waals surface area contributed by atoms with Crippen molar-refractivity contribution in [1.82, 2.24) is 0 Å². The quantitative estimate of drug-likeness (QED) is 0.419. The molecule has 0 saturated heterocycles. The summed E-state index contributed by atoms with van der Waals surface area (Å²) in [5.41, 5.74) is -3.58. The molecule has 4 aliphatic rings. The third-order valence-electron chi connectivity index (χ3n) is 6.11. The van der Waals surface area contributed by atoms with E-state index in [1.165, 1.54) is 0 Å². The highest BCUT2D eigenvalue weighted by Crippen LogP contribution is 2.75. The maximum absolute atomic E-state index is 14.8. The lowest BCUT2D eigenvalue weighted by Gasteiger charge is -2.50. The molecule has 156 valence electrons. The van der Waals surface area contributed by atoms with Gasteiger partial charge in [0.1, 0.15) is 0 Å². The minimum absolute atomic E-state index is 0.00254. The van der Waals surface area contributed by atoms with Crippen LogP contribution in [0.1, 0.15) is 26.7 Å². The van der Waals surface area contributed by atoms with Crippen molar-refractivity contribution in [3.63, 3.8) is 0 Å². The van der Waals surface area contributed by atoms with Gasteiger partial charge in [-0.1, -0.05) is 13.8 Å². The van der Waals surface area contributed by atoms with Crippen molar-refractivity contribution in [2.24, 2.45) is 0 Å². The summed E-state index contributed by atoms with van der Waals surface area (Å²) in [6.07, 6.45) is 3.05. The highest BCUT2D eigenvalue weighted by atomic mass is 32.2. The Bertz CT molecular complexity index is 901. The Labute approximate surface area is 170 Å². The Hall–Kier alpha value is -1.42. The summed E-state index contributed by atoms with van der Waals surface area (Å²) < 4.78 is 85.4. The SMILES string of the molecule is CCC12SC(C=O)=CC1=C1C(=C3C=C(C=O)SC32CC)C(F)(F)C(F)(F)C1(F)F. The van der Waals surface area contributed by atoms with Crippen LogP contribution >= 0.6 is 23.5 Å². The second-order valence-electron chi connectivity index (χ2n) is 7.19. The van der Waals surface area contributed by atoms with Gasteiger partial charge in [0.15, 0.2) is 12.6 Å². The molecular weight excluding hydrogens is 438 g/mol. The molecule has 2 aliphatic heterocycles. The highest BCUT2D eigenvalue weighted by molar-refractivity contribution is 8.10. The van der Waals surface area contributed by atoms with Crippen LogP contribution in [0.2, 0.25) is 0 Å². The van der Waals surface area contributed by atoms with Crippen molar-refractivity contribution in [2.75, 3.05) is 0 Å². The van der Waals surface area contributed by atoms with Gasteiger partial charge in [0.25, 0.3) is 0 Å². The van der Waals surface area contributed by atoms with Gasteiger partial charge < -0.3 is 0 Å². The minimum atomic E-state index is -5.64. The van der Waals surface area contributed by atoms with Gasteiger partial charge in [-0.25, -0.2) is 0 Å². The predicted octanol–water partition coefficient (Wildman–Crippen LogP) is 5.47. The van der Waals surface area contributed by atoms with Crippen LogP contribution in [0.15, 0.2) is 44.3 Å². The van der Waals surface area contributed by atoms with Gasteiger partial charge in [0.2, 0.25) is 0 Å². The van der Waals surface area contributed by atoms with Crippen LogP contribution in [-0.4, -0.2) is 39.8 Å². The average molecular weight is 452 g/mol. The van der Waals surface area contributed by atoms with E-state index in [4.69, 9.17) is 0 Å². The van der Waals surface area contributed by atoms with Gasteiger partial charge in [-0.05, 0) is 36.1 Å². The summed E-state index contributed by atoms with van der Waals surface area (Å²) >= 11 is 1.82. The molecule has 4 rings (SSSR count). The van der Waals surface area contributed by atoms with E-state index in [1.54, 1.807) is 13.8 Å². The number of fused-ring (bicyclic) bond motifs is 4. The van der Waals surface area contributed by atoms with Crippen molar-refractivity contribution in [1.29, 1.82) is 0 Å². The number of halogens is 6. The fourth-order valence-corrected chi connectivity index (χ4v) is 8.06. The van der Waals surface area contributed by atoms with Gasteiger partial charge in [0.05, 0.1) is 9.49 Å². The second kappa shape index (κ2) is 5.84. The van der Waals surface area contributed by atoms with Crippen LogP contribution in [0.3, 0.4) is 0 Å². The smallest absolute Gasteiger partial charge is 0.297 e. The molecule has 1 saturated carbocycles. The van der Waals surface area contributed by atoms with E-state index in [9.17, 15) is 35.9 Å². The van der Waals surface area contributed by atoms with Crippen molar-refractivity contribution in [2.45, 2.75) is 54.0 Å². The molecule has 29 heavy (non-hydrogen) atoms. The summed E-state index contributed by atoms with van der Waals surface area (Å²) in [7, 11) is 0. The standard InChI is InChI=1S/C19H14F6O2S2/c1-3-15-11(5-9(7-26)28-15)13-14(18(22,23)19(24,25)17(13,20)21)12-6-10(8-27)29-16(12,15)4-2/h5-8H,3-4H2,1-2H3. The molecule has 1 fully saturated rings. The maximum Gasteiger partial charge on any atom is 0.380 e. The van der Waals surface area contributed by atoms with Crippen LogP contribution in [0.5, 0.6) is 0 Å². The van der Waals surface area contributed by atoms with Gasteiger partial charge >= 0.3 is 17.8 Å². The Balaban J connectivity index is 2.23. The van der Waals surface area contributed by atoms with Crippen molar-refractivity contribution >= 4 is 36.1 Å². The zero-order chi connectivity index (χ0) is 21.6. The maximum atomic E-state index is 14.8. The first kappa shape index (κ1) is 20.8. The second-order valence-corrected chi connectivity index (χ2v) is 9.94. The first-order valence-electron chi connectivity index (χ1n) is 8.78. The summed E-state index contributed by atoms with van der Waals surface area (Å²) in [5, 5.41) is 0. The number of carbonyl (C=O) groups excluding carboxylic acids is 2. The lowest BCUT2D eigenvalue weighted by Crippen LogP contribution is -2.52. The molecule has 0 aromatic heterocycles. The lowest BCUT2D eigenvalue weighted by molar-refractivity contribution is -0.258. The first-order chi connectivity index (χ1) is 13.4. The summed E-state index contributed by atoms with van der Waals surface area (Å²) in [4.78, 5) is 22.9. The van der Waals surface area contributed by atoms with Crippen LogP contribution in [0, 0.1) is 0 Å². The molecule has 2 aliphatic carbocycles. The Kier molecular flexibility index (Phi) is 4.19. The van der Waals surface area contributed by atoms with Crippen molar-refractivity contribution in [3.05, 3.63) is 44.3 Å². The van der Waals surface area contributed by atoms with Gasteiger partial charge in [0, 0.05) is 21.0 Å². The molecule has 10 heteroatoms. The average Bonchev–Trinajstić information content (AvgIpc) is 3.27. The Morgan fingerprint density at radius 1 is 0.759 bits per heavy atom. The number of allylic oxidation sites excluding steroid dienone is 6. The molecule has 2 heterocycles. The molecule has 0 spiro atoms. The number of rotatable bonds is 4. The topological polar surface area (TPSA) is 34.1 Å². The third-order valence-corrected chi connectivity index (χ3v) is 9.55. The third kappa shape index (κ3) is 2.00. The number of alkyl halides is 6. The van der Waals surface area contributed by atoms with E-state index in [1.807, 2.05) is 0 Å². The van der Waals surface area contributed by atoms with Crippen LogP contribution in [0.25, 0.3) is 0 Å². The summed E-state index contributed by atoms with van der Waals surface area (Å²) in [6, 6.07) is 0. The molecule has 0 N–H and O–H groups in total.